The molecule has 1 aliphatic carbocycles. The molecule has 0 aromatic heterocycles. The van der Waals surface area contributed by atoms with E-state index in [1.807, 2.05) is 6.92 Å². The average molecular weight is 155 g/mol. The Morgan fingerprint density at radius 2 is 2.30 bits per heavy atom. The summed E-state index contributed by atoms with van der Waals surface area (Å²) in [4.78, 5) is 0. The van der Waals surface area contributed by atoms with E-state index in [4.69, 9.17) is 0 Å². The van der Waals surface area contributed by atoms with Crippen molar-refractivity contribution in [2.24, 2.45) is 0 Å². The molecule has 10 heavy (non-hydrogen) atoms. The van der Waals surface area contributed by atoms with E-state index in [2.05, 4.69) is 19.1 Å². The van der Waals surface area contributed by atoms with Gasteiger partial charge in [-0.05, 0) is 19.4 Å². The van der Waals surface area contributed by atoms with Gasteiger partial charge in [-0.15, -0.1) is 0 Å². The van der Waals surface area contributed by atoms with Crippen molar-refractivity contribution in [2.45, 2.75) is 25.5 Å². The molecule has 54 valence electrons. The number of hydrogen-bond acceptors (Lipinski definition) is 1. The van der Waals surface area contributed by atoms with Crippen LogP contribution in [-0.4, -0.2) is 5.25 Å². The van der Waals surface area contributed by atoms with Crippen molar-refractivity contribution in [3.05, 3.63) is 23.3 Å². The summed E-state index contributed by atoms with van der Waals surface area (Å²) in [5.74, 6) is 0. The first-order chi connectivity index (χ1) is 4.74. The van der Waals surface area contributed by atoms with E-state index in [0.717, 1.165) is 6.42 Å². The highest BCUT2D eigenvalue weighted by Gasteiger charge is 2.24. The lowest BCUT2D eigenvalue weighted by atomic mass is 10.0. The van der Waals surface area contributed by atoms with Gasteiger partial charge in [0.15, 0.2) is 0 Å². The van der Waals surface area contributed by atoms with Gasteiger partial charge in [-0.2, -0.15) is 0 Å². The quantitative estimate of drug-likeness (QED) is 0.530. The van der Waals surface area contributed by atoms with Gasteiger partial charge >= 0.3 is 11.7 Å². The molecule has 0 aromatic carbocycles. The maximum atomic E-state index is 10.4. The molecule has 0 fully saturated rings. The van der Waals surface area contributed by atoms with Gasteiger partial charge in [0.25, 0.3) is 5.25 Å². The predicted octanol–water partition coefficient (Wildman–Crippen LogP) is 2.08. The Bertz CT molecular complexity index is 203. The molecule has 0 saturated heterocycles. The van der Waals surface area contributed by atoms with Crippen molar-refractivity contribution in [3.8, 4) is 0 Å². The van der Waals surface area contributed by atoms with Crippen molar-refractivity contribution in [1.29, 1.82) is 0 Å². The maximum Gasteiger partial charge on any atom is 0.467 e. The Labute approximate surface area is 65.3 Å². The van der Waals surface area contributed by atoms with Gasteiger partial charge in [-0.3, -0.25) is 0 Å². The van der Waals surface area contributed by atoms with Crippen LogP contribution in [0.4, 0.5) is 0 Å². The van der Waals surface area contributed by atoms with E-state index in [1.165, 1.54) is 11.1 Å². The van der Waals surface area contributed by atoms with Crippen LogP contribution in [-0.2, 0) is 15.9 Å². The van der Waals surface area contributed by atoms with E-state index in [1.54, 1.807) is 0 Å². The molecule has 0 radical (unpaired) electrons. The fraction of sp³-hybridized carbons (Fsp3) is 0.500. The third kappa shape index (κ3) is 1.51. The van der Waals surface area contributed by atoms with E-state index in [0.29, 0.717) is 11.7 Å². The molecule has 1 rings (SSSR count). The second kappa shape index (κ2) is 3.06. The van der Waals surface area contributed by atoms with Crippen LogP contribution < -0.4 is 0 Å². The molecule has 0 spiro atoms. The summed E-state index contributed by atoms with van der Waals surface area (Å²) in [7, 11) is 0. The first-order valence-corrected chi connectivity index (χ1v) is 4.18. The van der Waals surface area contributed by atoms with Crippen LogP contribution in [0.1, 0.15) is 20.3 Å². The zero-order chi connectivity index (χ0) is 7.56. The van der Waals surface area contributed by atoms with Gasteiger partial charge in [0, 0.05) is 10.6 Å². The maximum absolute atomic E-state index is 10.4. The van der Waals surface area contributed by atoms with Crippen LogP contribution in [0.3, 0.4) is 0 Å². The molecule has 0 heterocycles. The number of allylic oxidation sites excluding steroid dienone is 3. The second-order valence-corrected chi connectivity index (χ2v) is 3.42. The van der Waals surface area contributed by atoms with Gasteiger partial charge in [0.2, 0.25) is 0 Å². The average Bonchev–Trinajstić information content (AvgIpc) is 1.88. The van der Waals surface area contributed by atoms with Crippen LogP contribution in [0.25, 0.3) is 0 Å². The normalized spacial score (nSPS) is 25.2. The summed E-state index contributed by atoms with van der Waals surface area (Å²) in [5, 5.41) is 0.184. The Morgan fingerprint density at radius 1 is 1.60 bits per heavy atom. The van der Waals surface area contributed by atoms with Crippen LogP contribution >= 0.6 is 0 Å². The van der Waals surface area contributed by atoms with Gasteiger partial charge in [0.1, 0.15) is 0 Å². The first-order valence-electron chi connectivity index (χ1n) is 3.37. The largest absolute Gasteiger partial charge is 0.467 e. The third-order valence-corrected chi connectivity index (χ3v) is 2.53. The molecule has 0 unspecified atom stereocenters. The lowest BCUT2D eigenvalue weighted by Gasteiger charge is -2.04. The van der Waals surface area contributed by atoms with Gasteiger partial charge < -0.3 is 0 Å². The minimum absolute atomic E-state index is 0.184. The molecular formula is C8H11OS+. The van der Waals surface area contributed by atoms with E-state index < -0.39 is 0 Å². The molecule has 2 heteroatoms. The highest BCUT2D eigenvalue weighted by molar-refractivity contribution is 7.66. The zero-order valence-electron chi connectivity index (χ0n) is 6.26. The monoisotopic (exact) mass is 155 g/mol. The Kier molecular flexibility index (Phi) is 2.33. The molecule has 0 N–H and O–H groups in total. The molecule has 1 aliphatic rings. The van der Waals surface area contributed by atoms with Crippen molar-refractivity contribution in [2.75, 3.05) is 0 Å². The lowest BCUT2D eigenvalue weighted by molar-refractivity contribution is 0.600. The molecule has 0 amide bonds. The van der Waals surface area contributed by atoms with E-state index in [-0.39, 0.29) is 5.25 Å². The summed E-state index contributed by atoms with van der Waals surface area (Å²) >= 11 is 0.693. The molecule has 0 saturated carbocycles. The summed E-state index contributed by atoms with van der Waals surface area (Å²) in [6.45, 7) is 4.08. The molecule has 0 aliphatic heterocycles. The Morgan fingerprint density at radius 3 is 2.80 bits per heavy atom. The van der Waals surface area contributed by atoms with Crippen LogP contribution in [0.15, 0.2) is 23.3 Å². The molecule has 0 aromatic rings. The number of rotatable bonds is 1. The predicted molar refractivity (Wildman–Crippen MR) is 44.0 cm³/mol. The summed E-state index contributed by atoms with van der Waals surface area (Å²) in [5.41, 5.74) is 2.49. The Hall–Kier alpha value is -0.500. The van der Waals surface area contributed by atoms with Crippen LogP contribution in [0.5, 0.6) is 0 Å². The van der Waals surface area contributed by atoms with Crippen LogP contribution in [0, 0.1) is 0 Å². The van der Waals surface area contributed by atoms with Crippen molar-refractivity contribution < 1.29 is 4.21 Å². The highest BCUT2D eigenvalue weighted by Crippen LogP contribution is 2.18. The number of hydrogen-bond donors (Lipinski definition) is 0. The summed E-state index contributed by atoms with van der Waals surface area (Å²) in [6, 6.07) is 0. The third-order valence-electron chi connectivity index (χ3n) is 1.73. The SMILES string of the molecule is CC1=CC[C@@H]([S+]=O)C(C)=C1. The van der Waals surface area contributed by atoms with Crippen molar-refractivity contribution in [1.82, 2.24) is 0 Å². The lowest BCUT2D eigenvalue weighted by Crippen LogP contribution is -2.09. The molecule has 0 bridgehead atoms. The Balaban J connectivity index is 2.77. The molecule has 1 atom stereocenters. The topological polar surface area (TPSA) is 17.1 Å². The van der Waals surface area contributed by atoms with Gasteiger partial charge in [0.05, 0.1) is 0 Å². The van der Waals surface area contributed by atoms with Gasteiger partial charge in [-0.25, -0.2) is 0 Å². The molecular weight excluding hydrogens is 144 g/mol. The standard InChI is InChI=1S/C8H11OS/c1-6-3-4-8(10-9)7(2)5-6/h3,5,8H,4H2,1-2H3/q+1/t8-/m1/s1. The van der Waals surface area contributed by atoms with E-state index >= 15 is 0 Å². The minimum atomic E-state index is 0.184. The highest BCUT2D eigenvalue weighted by atomic mass is 32.1. The van der Waals surface area contributed by atoms with E-state index in [9.17, 15) is 4.21 Å². The fourth-order valence-corrected chi connectivity index (χ4v) is 1.50. The van der Waals surface area contributed by atoms with Crippen molar-refractivity contribution in [3.63, 3.8) is 0 Å². The summed E-state index contributed by atoms with van der Waals surface area (Å²) in [6.07, 6.45) is 5.10. The second-order valence-electron chi connectivity index (χ2n) is 2.66. The van der Waals surface area contributed by atoms with Crippen LogP contribution in [0.2, 0.25) is 0 Å². The minimum Gasteiger partial charge on any atom is -0.0755 e. The molecule has 1 nitrogen and oxygen atoms in total. The zero-order valence-corrected chi connectivity index (χ0v) is 7.07. The summed E-state index contributed by atoms with van der Waals surface area (Å²) < 4.78 is 10.4. The smallest absolute Gasteiger partial charge is 0.0755 e. The first kappa shape index (κ1) is 7.61. The van der Waals surface area contributed by atoms with Crippen molar-refractivity contribution >= 4 is 11.7 Å². The fourth-order valence-electron chi connectivity index (χ4n) is 1.10. The van der Waals surface area contributed by atoms with Gasteiger partial charge in [-0.1, -0.05) is 17.7 Å².